The summed E-state index contributed by atoms with van der Waals surface area (Å²) < 4.78 is 0. The molecule has 2 heteroatoms. The second kappa shape index (κ2) is 3.68. The summed E-state index contributed by atoms with van der Waals surface area (Å²) in [5.74, 6) is 0.420. The van der Waals surface area contributed by atoms with E-state index in [-0.39, 0.29) is 0 Å². The third-order valence-corrected chi connectivity index (χ3v) is 1.89. The Kier molecular flexibility index (Phi) is 2.82. The first kappa shape index (κ1) is 9.20. The van der Waals surface area contributed by atoms with Gasteiger partial charge in [-0.15, -0.1) is 0 Å². The molecule has 66 valence electrons. The molecule has 0 saturated carbocycles. The molecule has 2 nitrogen and oxygen atoms in total. The Labute approximate surface area is 73.3 Å². The molecule has 0 fully saturated rings. The van der Waals surface area contributed by atoms with Crippen molar-refractivity contribution in [3.05, 3.63) is 29.6 Å². The van der Waals surface area contributed by atoms with Gasteiger partial charge in [0.15, 0.2) is 0 Å². The van der Waals surface area contributed by atoms with Gasteiger partial charge in [0.25, 0.3) is 0 Å². The monoisotopic (exact) mass is 165 g/mol. The summed E-state index contributed by atoms with van der Waals surface area (Å²) in [6.45, 7) is 5.94. The first-order valence-corrected chi connectivity index (χ1v) is 4.25. The van der Waals surface area contributed by atoms with Crippen LogP contribution in [-0.4, -0.2) is 10.1 Å². The van der Waals surface area contributed by atoms with Crippen molar-refractivity contribution < 1.29 is 5.11 Å². The molecular formula is C10H15NO. The predicted molar refractivity (Wildman–Crippen MR) is 49.0 cm³/mol. The maximum Gasteiger partial charge on any atom is 0.0934 e. The van der Waals surface area contributed by atoms with E-state index in [0.29, 0.717) is 5.92 Å². The maximum atomic E-state index is 9.39. The molecule has 1 heterocycles. The van der Waals surface area contributed by atoms with Crippen LogP contribution in [0.2, 0.25) is 0 Å². The highest BCUT2D eigenvalue weighted by Gasteiger charge is 2.10. The van der Waals surface area contributed by atoms with E-state index >= 15 is 0 Å². The topological polar surface area (TPSA) is 33.1 Å². The Hall–Kier alpha value is -0.890. The molecule has 0 radical (unpaired) electrons. The molecule has 1 aromatic rings. The smallest absolute Gasteiger partial charge is 0.0934 e. The van der Waals surface area contributed by atoms with E-state index in [1.165, 1.54) is 0 Å². The zero-order valence-corrected chi connectivity index (χ0v) is 7.78. The van der Waals surface area contributed by atoms with Crippen LogP contribution in [0, 0.1) is 0 Å². The second-order valence-corrected chi connectivity index (χ2v) is 3.31. The van der Waals surface area contributed by atoms with Crippen LogP contribution in [0.25, 0.3) is 0 Å². The van der Waals surface area contributed by atoms with Crippen molar-refractivity contribution >= 4 is 0 Å². The minimum atomic E-state index is -0.469. The number of aliphatic hydroxyl groups is 1. The Morgan fingerprint density at radius 2 is 2.00 bits per heavy atom. The van der Waals surface area contributed by atoms with E-state index < -0.39 is 6.10 Å². The normalized spacial score (nSPS) is 13.4. The average Bonchev–Trinajstić information content (AvgIpc) is 2.04. The SMILES string of the molecule is CC(C)c1cccnc1C(C)O. The van der Waals surface area contributed by atoms with Gasteiger partial charge in [0, 0.05) is 6.20 Å². The fourth-order valence-electron chi connectivity index (χ4n) is 1.27. The lowest BCUT2D eigenvalue weighted by molar-refractivity contribution is 0.192. The van der Waals surface area contributed by atoms with E-state index in [4.69, 9.17) is 0 Å². The zero-order chi connectivity index (χ0) is 9.14. The van der Waals surface area contributed by atoms with Gasteiger partial charge in [-0.1, -0.05) is 19.9 Å². The zero-order valence-electron chi connectivity index (χ0n) is 7.78. The molecule has 0 aliphatic carbocycles. The van der Waals surface area contributed by atoms with E-state index in [9.17, 15) is 5.11 Å². The summed E-state index contributed by atoms with van der Waals surface area (Å²) in [6, 6.07) is 3.92. The number of rotatable bonds is 2. The molecular weight excluding hydrogens is 150 g/mol. The molecule has 1 atom stereocenters. The van der Waals surface area contributed by atoms with Crippen molar-refractivity contribution in [1.82, 2.24) is 4.98 Å². The highest BCUT2D eigenvalue weighted by Crippen LogP contribution is 2.21. The van der Waals surface area contributed by atoms with E-state index in [1.54, 1.807) is 13.1 Å². The summed E-state index contributed by atoms with van der Waals surface area (Å²) in [4.78, 5) is 4.15. The van der Waals surface area contributed by atoms with Crippen LogP contribution < -0.4 is 0 Å². The van der Waals surface area contributed by atoms with Crippen LogP contribution in [0.1, 0.15) is 44.1 Å². The third-order valence-electron chi connectivity index (χ3n) is 1.89. The van der Waals surface area contributed by atoms with Gasteiger partial charge in [-0.2, -0.15) is 0 Å². The molecule has 1 rings (SSSR count). The summed E-state index contributed by atoms with van der Waals surface area (Å²) in [7, 11) is 0. The van der Waals surface area contributed by atoms with Gasteiger partial charge in [0.05, 0.1) is 11.8 Å². The number of pyridine rings is 1. The highest BCUT2D eigenvalue weighted by molar-refractivity contribution is 5.24. The fourth-order valence-corrected chi connectivity index (χ4v) is 1.27. The Morgan fingerprint density at radius 1 is 1.33 bits per heavy atom. The highest BCUT2D eigenvalue weighted by atomic mass is 16.3. The fraction of sp³-hybridized carbons (Fsp3) is 0.500. The quantitative estimate of drug-likeness (QED) is 0.729. The number of hydrogen-bond donors (Lipinski definition) is 1. The van der Waals surface area contributed by atoms with E-state index in [0.717, 1.165) is 11.3 Å². The van der Waals surface area contributed by atoms with Crippen LogP contribution in [0.3, 0.4) is 0 Å². The lowest BCUT2D eigenvalue weighted by atomic mass is 9.99. The van der Waals surface area contributed by atoms with Crippen molar-refractivity contribution in [2.75, 3.05) is 0 Å². The molecule has 0 spiro atoms. The van der Waals surface area contributed by atoms with E-state index in [1.807, 2.05) is 12.1 Å². The van der Waals surface area contributed by atoms with Crippen molar-refractivity contribution in [1.29, 1.82) is 0 Å². The summed E-state index contributed by atoms with van der Waals surface area (Å²) in [6.07, 6.45) is 1.25. The molecule has 1 aromatic heterocycles. The number of aromatic nitrogens is 1. The largest absolute Gasteiger partial charge is 0.387 e. The second-order valence-electron chi connectivity index (χ2n) is 3.31. The third kappa shape index (κ3) is 1.83. The van der Waals surface area contributed by atoms with Crippen LogP contribution in [0.15, 0.2) is 18.3 Å². The van der Waals surface area contributed by atoms with Crippen molar-refractivity contribution in [2.45, 2.75) is 32.8 Å². The van der Waals surface area contributed by atoms with Gasteiger partial charge >= 0.3 is 0 Å². The number of nitrogens with zero attached hydrogens (tertiary/aromatic N) is 1. The van der Waals surface area contributed by atoms with Gasteiger partial charge in [0.2, 0.25) is 0 Å². The number of aliphatic hydroxyl groups excluding tert-OH is 1. The van der Waals surface area contributed by atoms with Crippen LogP contribution in [0.4, 0.5) is 0 Å². The van der Waals surface area contributed by atoms with Crippen LogP contribution in [-0.2, 0) is 0 Å². The Balaban J connectivity index is 3.09. The minimum Gasteiger partial charge on any atom is -0.387 e. The standard InChI is InChI=1S/C10H15NO/c1-7(2)9-5-4-6-11-10(9)8(3)12/h4-8,12H,1-3H3. The first-order chi connectivity index (χ1) is 5.63. The lowest BCUT2D eigenvalue weighted by Gasteiger charge is -2.12. The molecule has 1 N–H and O–H groups in total. The Morgan fingerprint density at radius 3 is 2.42 bits per heavy atom. The van der Waals surface area contributed by atoms with Gasteiger partial charge in [-0.25, -0.2) is 0 Å². The molecule has 0 amide bonds. The first-order valence-electron chi connectivity index (χ1n) is 4.25. The predicted octanol–water partition coefficient (Wildman–Crippen LogP) is 2.26. The maximum absolute atomic E-state index is 9.39. The van der Waals surface area contributed by atoms with E-state index in [2.05, 4.69) is 18.8 Å². The molecule has 0 saturated heterocycles. The lowest BCUT2D eigenvalue weighted by Crippen LogP contribution is -2.02. The average molecular weight is 165 g/mol. The Bertz CT molecular complexity index is 229. The van der Waals surface area contributed by atoms with Gasteiger partial charge < -0.3 is 5.11 Å². The minimum absolute atomic E-state index is 0.420. The van der Waals surface area contributed by atoms with Crippen molar-refractivity contribution in [3.63, 3.8) is 0 Å². The van der Waals surface area contributed by atoms with Crippen molar-refractivity contribution in [2.24, 2.45) is 0 Å². The summed E-state index contributed by atoms with van der Waals surface area (Å²) in [5, 5.41) is 9.39. The molecule has 0 aliphatic rings. The van der Waals surface area contributed by atoms with Gasteiger partial charge in [0.1, 0.15) is 0 Å². The van der Waals surface area contributed by atoms with Crippen LogP contribution >= 0.6 is 0 Å². The molecule has 12 heavy (non-hydrogen) atoms. The summed E-state index contributed by atoms with van der Waals surface area (Å²) in [5.41, 5.74) is 1.93. The van der Waals surface area contributed by atoms with Crippen molar-refractivity contribution in [3.8, 4) is 0 Å². The molecule has 1 unspecified atom stereocenters. The molecule has 0 aromatic carbocycles. The molecule has 0 aliphatic heterocycles. The molecule has 0 bridgehead atoms. The van der Waals surface area contributed by atoms with Gasteiger partial charge in [-0.05, 0) is 24.5 Å². The van der Waals surface area contributed by atoms with Crippen LogP contribution in [0.5, 0.6) is 0 Å². The summed E-state index contributed by atoms with van der Waals surface area (Å²) >= 11 is 0. The van der Waals surface area contributed by atoms with Gasteiger partial charge in [-0.3, -0.25) is 4.98 Å². The number of hydrogen-bond acceptors (Lipinski definition) is 2.